The molecular formula is C6H8ClN3. The summed E-state index contributed by atoms with van der Waals surface area (Å²) in [6.45, 7) is 0. The molecule has 0 aliphatic carbocycles. The van der Waals surface area contributed by atoms with Crippen molar-refractivity contribution in [1.82, 2.24) is 4.98 Å². The predicted molar refractivity (Wildman–Crippen MR) is 42.6 cm³/mol. The van der Waals surface area contributed by atoms with Gasteiger partial charge in [-0.05, 0) is 12.1 Å². The molecule has 0 saturated carbocycles. The molecule has 0 aromatic carbocycles. The number of nitrogens with zero attached hydrogens (tertiary/aromatic N) is 1. The van der Waals surface area contributed by atoms with Gasteiger partial charge in [-0.15, -0.1) is 11.6 Å². The van der Waals surface area contributed by atoms with Gasteiger partial charge in [0, 0.05) is 0 Å². The van der Waals surface area contributed by atoms with Crippen LogP contribution >= 0.6 is 11.6 Å². The molecule has 0 unspecified atom stereocenters. The Morgan fingerprint density at radius 2 is 2.10 bits per heavy atom. The minimum atomic E-state index is 0.346. The van der Waals surface area contributed by atoms with Crippen LogP contribution in [0.2, 0.25) is 0 Å². The minimum Gasteiger partial charge on any atom is -0.396 e. The Morgan fingerprint density at radius 1 is 1.40 bits per heavy atom. The van der Waals surface area contributed by atoms with E-state index in [9.17, 15) is 0 Å². The third-order valence-corrected chi connectivity index (χ3v) is 1.43. The minimum absolute atomic E-state index is 0.346. The van der Waals surface area contributed by atoms with E-state index in [1.807, 2.05) is 0 Å². The number of nitrogen functional groups attached to an aromatic ring is 2. The molecule has 10 heavy (non-hydrogen) atoms. The van der Waals surface area contributed by atoms with Crippen molar-refractivity contribution in [3.63, 3.8) is 0 Å². The standard InChI is InChI=1S/C6H8ClN3/c7-3-4-1-2-5(8)6(9)10-4/h1-2H,3,8H2,(H2,9,10). The second-order valence-corrected chi connectivity index (χ2v) is 2.18. The molecular weight excluding hydrogens is 150 g/mol. The van der Waals surface area contributed by atoms with E-state index in [1.54, 1.807) is 12.1 Å². The Kier molecular flexibility index (Phi) is 1.97. The van der Waals surface area contributed by atoms with Crippen LogP contribution in [0.15, 0.2) is 12.1 Å². The maximum absolute atomic E-state index is 5.49. The molecule has 0 fully saturated rings. The Labute approximate surface area is 64.0 Å². The van der Waals surface area contributed by atoms with Gasteiger partial charge in [0.05, 0.1) is 17.3 Å². The second kappa shape index (κ2) is 2.75. The third-order valence-electron chi connectivity index (χ3n) is 1.15. The van der Waals surface area contributed by atoms with Gasteiger partial charge in [0.15, 0.2) is 0 Å². The van der Waals surface area contributed by atoms with Crippen molar-refractivity contribution in [1.29, 1.82) is 0 Å². The van der Waals surface area contributed by atoms with Crippen LogP contribution in [0.4, 0.5) is 11.5 Å². The quantitative estimate of drug-likeness (QED) is 0.598. The van der Waals surface area contributed by atoms with Crippen molar-refractivity contribution in [2.75, 3.05) is 11.5 Å². The van der Waals surface area contributed by atoms with E-state index >= 15 is 0 Å². The molecule has 3 nitrogen and oxygen atoms in total. The van der Waals surface area contributed by atoms with Crippen LogP contribution < -0.4 is 11.5 Å². The Balaban J connectivity index is 3.04. The first kappa shape index (κ1) is 7.15. The highest BCUT2D eigenvalue weighted by Gasteiger charge is 1.96. The molecule has 0 aliphatic heterocycles. The molecule has 0 atom stereocenters. The van der Waals surface area contributed by atoms with Gasteiger partial charge in [-0.25, -0.2) is 4.98 Å². The number of hydrogen-bond acceptors (Lipinski definition) is 3. The first-order chi connectivity index (χ1) is 4.74. The number of aromatic nitrogens is 1. The summed E-state index contributed by atoms with van der Waals surface area (Å²) in [7, 11) is 0. The topological polar surface area (TPSA) is 64.9 Å². The van der Waals surface area contributed by atoms with E-state index in [4.69, 9.17) is 23.1 Å². The lowest BCUT2D eigenvalue weighted by Crippen LogP contribution is -1.99. The van der Waals surface area contributed by atoms with Crippen LogP contribution in [0.1, 0.15) is 5.69 Å². The highest BCUT2D eigenvalue weighted by atomic mass is 35.5. The Hall–Kier alpha value is -0.960. The van der Waals surface area contributed by atoms with Gasteiger partial charge in [0.1, 0.15) is 5.82 Å². The molecule has 0 amide bonds. The number of hydrogen-bond donors (Lipinski definition) is 2. The highest BCUT2D eigenvalue weighted by molar-refractivity contribution is 6.16. The Morgan fingerprint density at radius 3 is 2.60 bits per heavy atom. The maximum atomic E-state index is 5.49. The summed E-state index contributed by atoms with van der Waals surface area (Å²) in [4.78, 5) is 3.91. The largest absolute Gasteiger partial charge is 0.396 e. The summed E-state index contributed by atoms with van der Waals surface area (Å²) in [6.07, 6.45) is 0. The van der Waals surface area contributed by atoms with Gasteiger partial charge in [-0.1, -0.05) is 0 Å². The van der Waals surface area contributed by atoms with Crippen LogP contribution in [-0.2, 0) is 5.88 Å². The molecule has 1 rings (SSSR count). The van der Waals surface area contributed by atoms with Gasteiger partial charge < -0.3 is 11.5 Å². The molecule has 0 saturated heterocycles. The molecule has 0 aliphatic rings. The van der Waals surface area contributed by atoms with Crippen LogP contribution in [0.3, 0.4) is 0 Å². The third kappa shape index (κ3) is 1.30. The Bertz CT molecular complexity index is 236. The van der Waals surface area contributed by atoms with E-state index in [0.717, 1.165) is 5.69 Å². The molecule has 0 radical (unpaired) electrons. The normalized spacial score (nSPS) is 9.70. The summed E-state index contributed by atoms with van der Waals surface area (Å²) in [5, 5.41) is 0. The molecule has 1 aromatic heterocycles. The lowest BCUT2D eigenvalue weighted by molar-refractivity contribution is 1.18. The van der Waals surface area contributed by atoms with Crippen molar-refractivity contribution in [3.05, 3.63) is 17.8 Å². The van der Waals surface area contributed by atoms with Crippen molar-refractivity contribution >= 4 is 23.1 Å². The fourth-order valence-corrected chi connectivity index (χ4v) is 0.751. The van der Waals surface area contributed by atoms with Crippen molar-refractivity contribution < 1.29 is 0 Å². The van der Waals surface area contributed by atoms with Gasteiger partial charge in [0.25, 0.3) is 0 Å². The number of pyridine rings is 1. The van der Waals surface area contributed by atoms with Gasteiger partial charge in [0.2, 0.25) is 0 Å². The lowest BCUT2D eigenvalue weighted by atomic mass is 10.3. The zero-order chi connectivity index (χ0) is 7.56. The fourth-order valence-electron chi connectivity index (χ4n) is 0.602. The molecule has 1 heterocycles. The molecule has 0 bridgehead atoms. The van der Waals surface area contributed by atoms with E-state index in [2.05, 4.69) is 4.98 Å². The van der Waals surface area contributed by atoms with Crippen molar-refractivity contribution in [3.8, 4) is 0 Å². The van der Waals surface area contributed by atoms with Crippen LogP contribution in [0, 0.1) is 0 Å². The number of halogens is 1. The van der Waals surface area contributed by atoms with E-state index in [1.165, 1.54) is 0 Å². The summed E-state index contributed by atoms with van der Waals surface area (Å²) >= 11 is 5.49. The second-order valence-electron chi connectivity index (χ2n) is 1.91. The fraction of sp³-hybridized carbons (Fsp3) is 0.167. The zero-order valence-electron chi connectivity index (χ0n) is 5.34. The zero-order valence-corrected chi connectivity index (χ0v) is 6.10. The van der Waals surface area contributed by atoms with Gasteiger partial charge in [-0.3, -0.25) is 0 Å². The summed E-state index contributed by atoms with van der Waals surface area (Å²) in [5.41, 5.74) is 12.1. The molecule has 1 aromatic rings. The summed E-state index contributed by atoms with van der Waals surface area (Å²) in [5.74, 6) is 0.711. The summed E-state index contributed by atoms with van der Waals surface area (Å²) in [6, 6.07) is 3.44. The van der Waals surface area contributed by atoms with Crippen LogP contribution in [0.5, 0.6) is 0 Å². The molecule has 4 heteroatoms. The highest BCUT2D eigenvalue weighted by Crippen LogP contribution is 2.11. The lowest BCUT2D eigenvalue weighted by Gasteiger charge is -1.99. The van der Waals surface area contributed by atoms with Crippen molar-refractivity contribution in [2.24, 2.45) is 0 Å². The maximum Gasteiger partial charge on any atom is 0.146 e. The molecule has 0 spiro atoms. The van der Waals surface area contributed by atoms with E-state index in [-0.39, 0.29) is 0 Å². The van der Waals surface area contributed by atoms with Gasteiger partial charge in [-0.2, -0.15) is 0 Å². The van der Waals surface area contributed by atoms with Crippen LogP contribution in [0.25, 0.3) is 0 Å². The van der Waals surface area contributed by atoms with Gasteiger partial charge >= 0.3 is 0 Å². The average molecular weight is 158 g/mol. The molecule has 4 N–H and O–H groups in total. The van der Waals surface area contributed by atoms with E-state index in [0.29, 0.717) is 17.4 Å². The van der Waals surface area contributed by atoms with Crippen LogP contribution in [-0.4, -0.2) is 4.98 Å². The first-order valence-corrected chi connectivity index (χ1v) is 3.34. The number of alkyl halides is 1. The SMILES string of the molecule is Nc1ccc(CCl)nc1N. The number of rotatable bonds is 1. The average Bonchev–Trinajstić information content (AvgIpc) is 1.95. The molecule has 54 valence electrons. The van der Waals surface area contributed by atoms with E-state index < -0.39 is 0 Å². The summed E-state index contributed by atoms with van der Waals surface area (Å²) < 4.78 is 0. The number of anilines is 2. The smallest absolute Gasteiger partial charge is 0.146 e. The predicted octanol–water partition coefficient (Wildman–Crippen LogP) is 0.985. The van der Waals surface area contributed by atoms with Crippen molar-refractivity contribution in [2.45, 2.75) is 5.88 Å². The monoisotopic (exact) mass is 157 g/mol. The first-order valence-electron chi connectivity index (χ1n) is 2.81. The number of nitrogens with two attached hydrogens (primary N) is 2.